The van der Waals surface area contributed by atoms with Gasteiger partial charge in [0.1, 0.15) is 12.4 Å². The Morgan fingerprint density at radius 2 is 1.96 bits per heavy atom. The summed E-state index contributed by atoms with van der Waals surface area (Å²) >= 11 is 3.41. The van der Waals surface area contributed by atoms with Crippen molar-refractivity contribution in [3.63, 3.8) is 0 Å². The predicted molar refractivity (Wildman–Crippen MR) is 93.2 cm³/mol. The lowest BCUT2D eigenvalue weighted by molar-refractivity contribution is -0.137. The Hall–Kier alpha value is -1.82. The molecule has 1 aliphatic heterocycles. The smallest absolute Gasteiger partial charge is 0.253 e. The predicted octanol–water partition coefficient (Wildman–Crippen LogP) is 2.55. The Kier molecular flexibility index (Phi) is 5.82. The minimum Gasteiger partial charge on any atom is -0.488 e. The quantitative estimate of drug-likeness (QED) is 0.788. The SMILES string of the molecule is CCN(CC)C(=O)CN(C)C(=O)C1=Cc2cc(Br)ccc2OC1. The Bertz CT molecular complexity index is 639. The van der Waals surface area contributed by atoms with Crippen molar-refractivity contribution in [2.24, 2.45) is 0 Å². The van der Waals surface area contributed by atoms with Crippen molar-refractivity contribution in [1.82, 2.24) is 9.80 Å². The van der Waals surface area contributed by atoms with Crippen molar-refractivity contribution >= 4 is 33.8 Å². The summed E-state index contributed by atoms with van der Waals surface area (Å²) in [6.45, 7) is 5.43. The highest BCUT2D eigenvalue weighted by molar-refractivity contribution is 9.10. The minimum absolute atomic E-state index is 0.0497. The Morgan fingerprint density at radius 3 is 2.61 bits per heavy atom. The van der Waals surface area contributed by atoms with Crippen molar-refractivity contribution in [2.45, 2.75) is 13.8 Å². The molecule has 0 radical (unpaired) electrons. The van der Waals surface area contributed by atoms with Crippen LogP contribution in [-0.2, 0) is 9.59 Å². The maximum absolute atomic E-state index is 12.5. The van der Waals surface area contributed by atoms with Crippen LogP contribution in [0.3, 0.4) is 0 Å². The molecule has 0 unspecified atom stereocenters. The van der Waals surface area contributed by atoms with Gasteiger partial charge < -0.3 is 14.5 Å². The molecule has 0 atom stereocenters. The number of nitrogens with zero attached hydrogens (tertiary/aromatic N) is 2. The van der Waals surface area contributed by atoms with Gasteiger partial charge in [0, 0.05) is 30.2 Å². The summed E-state index contributed by atoms with van der Waals surface area (Å²) in [6, 6.07) is 5.67. The lowest BCUT2D eigenvalue weighted by atomic mass is 10.1. The zero-order chi connectivity index (χ0) is 17.0. The van der Waals surface area contributed by atoms with Crippen LogP contribution in [0.1, 0.15) is 19.4 Å². The molecule has 2 rings (SSSR count). The number of amides is 2. The van der Waals surface area contributed by atoms with E-state index in [1.807, 2.05) is 38.1 Å². The van der Waals surface area contributed by atoms with E-state index in [0.717, 1.165) is 15.8 Å². The molecule has 124 valence electrons. The number of hydrogen-bond acceptors (Lipinski definition) is 3. The van der Waals surface area contributed by atoms with Gasteiger partial charge in [-0.1, -0.05) is 15.9 Å². The van der Waals surface area contributed by atoms with Crippen LogP contribution in [0.2, 0.25) is 0 Å². The van der Waals surface area contributed by atoms with Gasteiger partial charge in [-0.2, -0.15) is 0 Å². The third-order valence-corrected chi connectivity index (χ3v) is 4.29. The van der Waals surface area contributed by atoms with E-state index in [0.29, 0.717) is 18.7 Å². The highest BCUT2D eigenvalue weighted by Gasteiger charge is 2.22. The van der Waals surface area contributed by atoms with Crippen LogP contribution in [0.25, 0.3) is 6.08 Å². The molecule has 1 aromatic carbocycles. The summed E-state index contributed by atoms with van der Waals surface area (Å²) in [6.07, 6.45) is 1.82. The summed E-state index contributed by atoms with van der Waals surface area (Å²) in [7, 11) is 1.64. The molecule has 0 aliphatic carbocycles. The minimum atomic E-state index is -0.184. The molecule has 6 heteroatoms. The maximum atomic E-state index is 12.5. The summed E-state index contributed by atoms with van der Waals surface area (Å²) in [5.74, 6) is 0.522. The first kappa shape index (κ1) is 17.5. The number of fused-ring (bicyclic) bond motifs is 1. The second kappa shape index (κ2) is 7.64. The number of ether oxygens (including phenoxy) is 1. The van der Waals surface area contributed by atoms with Gasteiger partial charge in [-0.25, -0.2) is 0 Å². The molecule has 0 aromatic heterocycles. The normalized spacial score (nSPS) is 12.8. The van der Waals surface area contributed by atoms with Crippen LogP contribution < -0.4 is 4.74 Å². The van der Waals surface area contributed by atoms with E-state index in [2.05, 4.69) is 15.9 Å². The first-order valence-electron chi connectivity index (χ1n) is 7.62. The molecular formula is C17H21BrN2O3. The Labute approximate surface area is 145 Å². The van der Waals surface area contributed by atoms with Crippen molar-refractivity contribution in [3.05, 3.63) is 33.8 Å². The lowest BCUT2D eigenvalue weighted by Gasteiger charge is -2.25. The molecule has 5 nitrogen and oxygen atoms in total. The fourth-order valence-electron chi connectivity index (χ4n) is 2.47. The van der Waals surface area contributed by atoms with E-state index in [4.69, 9.17) is 4.74 Å². The highest BCUT2D eigenvalue weighted by atomic mass is 79.9. The average molecular weight is 381 g/mol. The monoisotopic (exact) mass is 380 g/mol. The van der Waals surface area contributed by atoms with Gasteiger partial charge >= 0.3 is 0 Å². The van der Waals surface area contributed by atoms with Crippen LogP contribution in [-0.4, -0.2) is 54.9 Å². The summed E-state index contributed by atoms with van der Waals surface area (Å²) in [5, 5.41) is 0. The van der Waals surface area contributed by atoms with Gasteiger partial charge in [-0.05, 0) is 38.1 Å². The van der Waals surface area contributed by atoms with Gasteiger partial charge in [0.05, 0.1) is 12.1 Å². The standard InChI is InChI=1S/C17H21BrN2O3/c1-4-20(5-2)16(21)10-19(3)17(22)13-8-12-9-14(18)6-7-15(12)23-11-13/h6-9H,4-5,10-11H2,1-3H3. The van der Waals surface area contributed by atoms with Crippen LogP contribution >= 0.6 is 15.9 Å². The summed E-state index contributed by atoms with van der Waals surface area (Å²) < 4.78 is 6.55. The van der Waals surface area contributed by atoms with Gasteiger partial charge in [-0.3, -0.25) is 9.59 Å². The molecule has 23 heavy (non-hydrogen) atoms. The van der Waals surface area contributed by atoms with E-state index >= 15 is 0 Å². The van der Waals surface area contributed by atoms with E-state index < -0.39 is 0 Å². The molecule has 0 bridgehead atoms. The lowest BCUT2D eigenvalue weighted by Crippen LogP contribution is -2.42. The molecule has 2 amide bonds. The molecule has 0 saturated carbocycles. The van der Waals surface area contributed by atoms with Gasteiger partial charge in [0.25, 0.3) is 5.91 Å². The molecular weight excluding hydrogens is 360 g/mol. The summed E-state index contributed by atoms with van der Waals surface area (Å²) in [5.41, 5.74) is 1.41. The number of benzene rings is 1. The van der Waals surface area contributed by atoms with Crippen molar-refractivity contribution in [1.29, 1.82) is 0 Å². The third-order valence-electron chi connectivity index (χ3n) is 3.79. The van der Waals surface area contributed by atoms with Gasteiger partial charge in [0.15, 0.2) is 0 Å². The van der Waals surface area contributed by atoms with E-state index in [1.54, 1.807) is 11.9 Å². The first-order chi connectivity index (χ1) is 11.0. The topological polar surface area (TPSA) is 49.9 Å². The van der Waals surface area contributed by atoms with Gasteiger partial charge in [0.2, 0.25) is 5.91 Å². The fourth-order valence-corrected chi connectivity index (χ4v) is 2.85. The highest BCUT2D eigenvalue weighted by Crippen LogP contribution is 2.29. The number of likely N-dealkylation sites (N-methyl/N-ethyl adjacent to an activating group) is 2. The van der Waals surface area contributed by atoms with Crippen LogP contribution in [0, 0.1) is 0 Å². The number of carbonyl (C=O) groups excluding carboxylic acids is 2. The zero-order valence-corrected chi connectivity index (χ0v) is 15.2. The zero-order valence-electron chi connectivity index (χ0n) is 13.6. The fraction of sp³-hybridized carbons (Fsp3) is 0.412. The molecule has 1 heterocycles. The second-order valence-corrected chi connectivity index (χ2v) is 6.28. The van der Waals surface area contributed by atoms with Crippen molar-refractivity contribution in [3.8, 4) is 5.75 Å². The molecule has 1 aliphatic rings. The van der Waals surface area contributed by atoms with E-state index in [-0.39, 0.29) is 25.0 Å². The van der Waals surface area contributed by atoms with Gasteiger partial charge in [-0.15, -0.1) is 0 Å². The van der Waals surface area contributed by atoms with E-state index in [9.17, 15) is 9.59 Å². The average Bonchev–Trinajstić information content (AvgIpc) is 2.54. The second-order valence-electron chi connectivity index (χ2n) is 5.37. The third kappa shape index (κ3) is 4.13. The van der Waals surface area contributed by atoms with Crippen LogP contribution in [0.5, 0.6) is 5.75 Å². The molecule has 0 spiro atoms. The number of carbonyl (C=O) groups is 2. The molecule has 0 fully saturated rings. The molecule has 0 N–H and O–H groups in total. The summed E-state index contributed by atoms with van der Waals surface area (Å²) in [4.78, 5) is 27.8. The number of hydrogen-bond donors (Lipinski definition) is 0. The largest absolute Gasteiger partial charge is 0.488 e. The number of halogens is 1. The van der Waals surface area contributed by atoms with Crippen LogP contribution in [0.4, 0.5) is 0 Å². The van der Waals surface area contributed by atoms with Crippen molar-refractivity contribution < 1.29 is 14.3 Å². The van der Waals surface area contributed by atoms with Crippen LogP contribution in [0.15, 0.2) is 28.2 Å². The molecule has 0 saturated heterocycles. The van der Waals surface area contributed by atoms with Crippen molar-refractivity contribution in [2.75, 3.05) is 33.3 Å². The Morgan fingerprint density at radius 1 is 1.26 bits per heavy atom. The number of rotatable bonds is 5. The van der Waals surface area contributed by atoms with E-state index in [1.165, 1.54) is 4.90 Å². The maximum Gasteiger partial charge on any atom is 0.253 e. The molecule has 1 aromatic rings. The first-order valence-corrected chi connectivity index (χ1v) is 8.41. The Balaban J connectivity index is 2.10.